The molecule has 1 saturated heterocycles. The maximum atomic E-state index is 15.1. The molecule has 3 aromatic rings. The molecule has 0 unspecified atom stereocenters. The number of aliphatic carboxylic acids is 1. The van der Waals surface area contributed by atoms with Gasteiger partial charge in [0.2, 0.25) is 11.8 Å². The summed E-state index contributed by atoms with van der Waals surface area (Å²) in [4.78, 5) is 29.9. The van der Waals surface area contributed by atoms with Crippen molar-refractivity contribution in [2.45, 2.75) is 64.0 Å². The van der Waals surface area contributed by atoms with E-state index in [1.165, 1.54) is 13.3 Å². The SMILES string of the molecule is COc1cc(-c2ccc([C@@H]3CCc4ccc([C@H](C5CC5)[C@H](C)C(=O)O)cc4O3)cc2CN2CCC(C(N)=O)CC2)c(F)cn1. The lowest BCUT2D eigenvalue weighted by Crippen LogP contribution is -2.38. The largest absolute Gasteiger partial charge is 0.485 e. The Labute approximate surface area is 257 Å². The second kappa shape index (κ2) is 12.6. The third-order valence-corrected chi connectivity index (χ3v) is 9.69. The number of nitrogens with two attached hydrogens (primary N) is 1. The van der Waals surface area contributed by atoms with E-state index in [1.54, 1.807) is 13.0 Å². The maximum absolute atomic E-state index is 15.1. The number of fused-ring (bicyclic) bond motifs is 1. The molecular formula is C35H40FN3O5. The first-order chi connectivity index (χ1) is 21.2. The van der Waals surface area contributed by atoms with Gasteiger partial charge in [-0.25, -0.2) is 9.37 Å². The Morgan fingerprint density at radius 2 is 1.86 bits per heavy atom. The first kappa shape index (κ1) is 30.1. The molecule has 232 valence electrons. The number of piperidine rings is 1. The second-order valence-corrected chi connectivity index (χ2v) is 12.6. The Kier molecular flexibility index (Phi) is 8.58. The molecule has 0 radical (unpaired) electrons. The highest BCUT2D eigenvalue weighted by Gasteiger charge is 2.39. The number of ether oxygens (including phenoxy) is 2. The van der Waals surface area contributed by atoms with Crippen LogP contribution in [0.1, 0.15) is 73.3 Å². The van der Waals surface area contributed by atoms with Gasteiger partial charge in [-0.15, -0.1) is 0 Å². The van der Waals surface area contributed by atoms with Crippen molar-refractivity contribution in [2.75, 3.05) is 20.2 Å². The van der Waals surface area contributed by atoms with Crippen LogP contribution in [-0.2, 0) is 22.6 Å². The number of benzene rings is 2. The van der Waals surface area contributed by atoms with Gasteiger partial charge in [0.25, 0.3) is 0 Å². The molecule has 3 atom stereocenters. The van der Waals surface area contributed by atoms with Crippen LogP contribution in [-0.4, -0.2) is 47.1 Å². The number of rotatable bonds is 10. The molecule has 6 rings (SSSR count). The molecule has 44 heavy (non-hydrogen) atoms. The molecule has 0 bridgehead atoms. The number of nitrogens with zero attached hydrogens (tertiary/aromatic N) is 2. The molecule has 3 aliphatic rings. The van der Waals surface area contributed by atoms with E-state index in [0.717, 1.165) is 72.3 Å². The van der Waals surface area contributed by atoms with Gasteiger partial charge in [0.1, 0.15) is 17.7 Å². The average Bonchev–Trinajstić information content (AvgIpc) is 3.86. The van der Waals surface area contributed by atoms with Gasteiger partial charge in [-0.3, -0.25) is 14.5 Å². The van der Waals surface area contributed by atoms with Crippen LogP contribution >= 0.6 is 0 Å². The number of hydrogen-bond donors (Lipinski definition) is 2. The van der Waals surface area contributed by atoms with E-state index in [1.807, 2.05) is 12.1 Å². The smallest absolute Gasteiger partial charge is 0.306 e. The predicted molar refractivity (Wildman–Crippen MR) is 164 cm³/mol. The molecule has 1 amide bonds. The van der Waals surface area contributed by atoms with Gasteiger partial charge < -0.3 is 20.3 Å². The van der Waals surface area contributed by atoms with E-state index in [-0.39, 0.29) is 23.8 Å². The summed E-state index contributed by atoms with van der Waals surface area (Å²) in [5.41, 5.74) is 10.9. The average molecular weight is 602 g/mol. The summed E-state index contributed by atoms with van der Waals surface area (Å²) in [5, 5.41) is 9.76. The topological polar surface area (TPSA) is 115 Å². The standard InChI is InChI=1S/C35H40FN3O5/c1-20(35(41)42)33(22-4-5-22)25-6-3-21-8-10-30(44-31(21)16-25)24-7-9-27(28-17-32(43-2)38-18-29(28)36)26(15-24)19-39-13-11-23(12-14-39)34(37)40/h3,6-7,9,15-18,20,22-23,30,33H,4-5,8,10-14,19H2,1-2H3,(H2,37,40)(H,41,42)/t20-,30-,33-/m0/s1. The minimum Gasteiger partial charge on any atom is -0.485 e. The summed E-state index contributed by atoms with van der Waals surface area (Å²) in [5.74, 6) is -0.511. The number of aromatic nitrogens is 1. The third-order valence-electron chi connectivity index (χ3n) is 9.69. The van der Waals surface area contributed by atoms with Crippen LogP contribution in [0.5, 0.6) is 11.6 Å². The minimum atomic E-state index is -0.770. The zero-order chi connectivity index (χ0) is 31.0. The number of pyridine rings is 1. The lowest BCUT2D eigenvalue weighted by molar-refractivity contribution is -0.142. The van der Waals surface area contributed by atoms with Gasteiger partial charge >= 0.3 is 5.97 Å². The molecule has 2 fully saturated rings. The number of likely N-dealkylation sites (tertiary alicyclic amines) is 1. The monoisotopic (exact) mass is 601 g/mol. The van der Waals surface area contributed by atoms with Crippen molar-refractivity contribution < 1.29 is 28.6 Å². The lowest BCUT2D eigenvalue weighted by atomic mass is 9.82. The summed E-state index contributed by atoms with van der Waals surface area (Å²) < 4.78 is 27.1. The van der Waals surface area contributed by atoms with E-state index < -0.39 is 17.7 Å². The van der Waals surface area contributed by atoms with Gasteiger partial charge in [0.05, 0.1) is 19.2 Å². The summed E-state index contributed by atoms with van der Waals surface area (Å²) >= 11 is 0. The van der Waals surface area contributed by atoms with Gasteiger partial charge in [0, 0.05) is 24.1 Å². The van der Waals surface area contributed by atoms with Gasteiger partial charge in [0.15, 0.2) is 0 Å². The van der Waals surface area contributed by atoms with Crippen LogP contribution in [0.4, 0.5) is 4.39 Å². The summed E-state index contributed by atoms with van der Waals surface area (Å²) in [6, 6.07) is 13.9. The van der Waals surface area contributed by atoms with Crippen molar-refractivity contribution in [2.24, 2.45) is 23.5 Å². The first-order valence-corrected chi connectivity index (χ1v) is 15.6. The number of carboxylic acids is 1. The number of halogens is 1. The molecule has 3 N–H and O–H groups in total. The molecule has 8 nitrogen and oxygen atoms in total. The molecule has 9 heteroatoms. The number of methoxy groups -OCH3 is 1. The van der Waals surface area contributed by atoms with Gasteiger partial charge in [-0.1, -0.05) is 37.3 Å². The van der Waals surface area contributed by atoms with Crippen LogP contribution in [0.25, 0.3) is 11.1 Å². The van der Waals surface area contributed by atoms with Crippen molar-refractivity contribution >= 4 is 11.9 Å². The van der Waals surface area contributed by atoms with Crippen LogP contribution in [0, 0.1) is 23.6 Å². The Morgan fingerprint density at radius 1 is 1.09 bits per heavy atom. The lowest BCUT2D eigenvalue weighted by Gasteiger charge is -2.32. The van der Waals surface area contributed by atoms with Crippen LogP contribution < -0.4 is 15.2 Å². The number of primary amides is 1. The molecule has 1 aliphatic carbocycles. The second-order valence-electron chi connectivity index (χ2n) is 12.6. The number of amides is 1. The van der Waals surface area contributed by atoms with Crippen LogP contribution in [0.15, 0.2) is 48.7 Å². The van der Waals surface area contributed by atoms with Crippen molar-refractivity contribution in [3.8, 4) is 22.8 Å². The summed E-state index contributed by atoms with van der Waals surface area (Å²) in [7, 11) is 1.51. The normalized spacial score (nSPS) is 20.3. The fourth-order valence-corrected chi connectivity index (χ4v) is 6.97. The number of carboxylic acid groups (broad SMARTS) is 1. The number of aryl methyl sites for hydroxylation is 1. The van der Waals surface area contributed by atoms with E-state index >= 15 is 4.39 Å². The Bertz CT molecular complexity index is 1550. The maximum Gasteiger partial charge on any atom is 0.306 e. The molecule has 1 aromatic heterocycles. The molecule has 2 aliphatic heterocycles. The number of carbonyl (C=O) groups is 2. The van der Waals surface area contributed by atoms with Gasteiger partial charge in [-0.2, -0.15) is 0 Å². The highest BCUT2D eigenvalue weighted by molar-refractivity contribution is 5.76. The van der Waals surface area contributed by atoms with E-state index in [2.05, 4.69) is 34.1 Å². The van der Waals surface area contributed by atoms with Gasteiger partial charge in [-0.05, 0) is 97.3 Å². The first-order valence-electron chi connectivity index (χ1n) is 15.6. The van der Waals surface area contributed by atoms with E-state index in [4.69, 9.17) is 15.2 Å². The number of carbonyl (C=O) groups excluding carboxylic acids is 1. The molecule has 1 saturated carbocycles. The van der Waals surface area contributed by atoms with E-state index in [0.29, 0.717) is 36.7 Å². The van der Waals surface area contributed by atoms with Crippen molar-refractivity contribution in [3.05, 3.63) is 76.7 Å². The fraction of sp³-hybridized carbons (Fsp3) is 0.457. The highest BCUT2D eigenvalue weighted by atomic mass is 19.1. The van der Waals surface area contributed by atoms with E-state index in [9.17, 15) is 14.7 Å². The zero-order valence-corrected chi connectivity index (χ0v) is 25.3. The Morgan fingerprint density at radius 3 is 2.55 bits per heavy atom. The summed E-state index contributed by atoms with van der Waals surface area (Å²) in [6.07, 6.45) is 6.15. The van der Waals surface area contributed by atoms with Crippen LogP contribution in [0.3, 0.4) is 0 Å². The highest BCUT2D eigenvalue weighted by Crippen LogP contribution is 2.48. The Hall–Kier alpha value is -3.98. The van der Waals surface area contributed by atoms with Crippen molar-refractivity contribution in [3.63, 3.8) is 0 Å². The molecule has 0 spiro atoms. The third kappa shape index (κ3) is 6.29. The quantitative estimate of drug-likeness (QED) is 0.299. The zero-order valence-electron chi connectivity index (χ0n) is 25.3. The Balaban J connectivity index is 1.30. The minimum absolute atomic E-state index is 0.0291. The van der Waals surface area contributed by atoms with Crippen molar-refractivity contribution in [1.29, 1.82) is 0 Å². The molecule has 3 heterocycles. The number of hydrogen-bond acceptors (Lipinski definition) is 6. The predicted octanol–water partition coefficient (Wildman–Crippen LogP) is 5.87. The fourth-order valence-electron chi connectivity index (χ4n) is 6.97. The summed E-state index contributed by atoms with van der Waals surface area (Å²) in [6.45, 7) is 3.84. The molecular weight excluding hydrogens is 561 g/mol. The van der Waals surface area contributed by atoms with Crippen molar-refractivity contribution in [1.82, 2.24) is 9.88 Å². The molecule has 2 aromatic carbocycles. The van der Waals surface area contributed by atoms with Crippen LogP contribution in [0.2, 0.25) is 0 Å².